The molecule has 0 saturated carbocycles. The van der Waals surface area contributed by atoms with E-state index < -0.39 is 24.2 Å². The third kappa shape index (κ3) is 7.73. The summed E-state index contributed by atoms with van der Waals surface area (Å²) in [6, 6.07) is 9.75. The number of benzene rings is 1. The number of hydrogen-bond donors (Lipinski definition) is 1. The number of methoxy groups -OCH3 is 1. The summed E-state index contributed by atoms with van der Waals surface area (Å²) in [6.07, 6.45) is 8.23. The number of nitrogens with two attached hydrogens (primary N) is 1. The number of carbonyl (C=O) groups is 2. The smallest absolute Gasteiger partial charge is 0.325 e. The van der Waals surface area contributed by atoms with E-state index in [-0.39, 0.29) is 11.8 Å². The summed E-state index contributed by atoms with van der Waals surface area (Å²) >= 11 is 0. The van der Waals surface area contributed by atoms with Gasteiger partial charge in [-0.2, -0.15) is 4.39 Å². The number of aromatic nitrogens is 3. The number of halogens is 1. The van der Waals surface area contributed by atoms with Gasteiger partial charge in [0.05, 0.1) is 7.11 Å². The largest absolute Gasteiger partial charge is 0.497 e. The Balaban J connectivity index is 1.79. The van der Waals surface area contributed by atoms with E-state index in [0.29, 0.717) is 40.1 Å². The standard InChI is InChI=1S/C34H41FN6O4/c1-8-21(2)32(36)34(43)45-22(3)41-20-29(23-11-12-37-30(35)17-23)28-16-25(19-38-33(28)41)24-14-26(18-27(15-24)44-7)40(6)31(42)10-9-13-39(4)5/h9-12,14-22,32H,8,13,36H2,1-7H3/b10-9+/t21?,22-,32?/m0/s1. The molecule has 3 heterocycles. The molecule has 0 fully saturated rings. The Morgan fingerprint density at radius 3 is 2.49 bits per heavy atom. The van der Waals surface area contributed by atoms with Crippen LogP contribution in [0.25, 0.3) is 33.3 Å². The van der Waals surface area contributed by atoms with Crippen LogP contribution in [0.15, 0.2) is 67.1 Å². The number of amides is 1. The van der Waals surface area contributed by atoms with Crippen LogP contribution in [0.4, 0.5) is 10.1 Å². The Bertz CT molecular complexity index is 1700. The van der Waals surface area contributed by atoms with Crippen LogP contribution in [0, 0.1) is 11.9 Å². The molecule has 0 aliphatic rings. The van der Waals surface area contributed by atoms with Crippen molar-refractivity contribution in [3.05, 3.63) is 73.1 Å². The molecule has 1 amide bonds. The molecule has 3 atom stereocenters. The number of hydrogen-bond acceptors (Lipinski definition) is 8. The molecular formula is C34H41FN6O4. The van der Waals surface area contributed by atoms with Gasteiger partial charge in [-0.05, 0) is 62.3 Å². The molecule has 4 rings (SSSR count). The number of rotatable bonds is 12. The van der Waals surface area contributed by atoms with Crippen molar-refractivity contribution in [3.63, 3.8) is 0 Å². The predicted octanol–water partition coefficient (Wildman–Crippen LogP) is 5.43. The van der Waals surface area contributed by atoms with Crippen LogP contribution >= 0.6 is 0 Å². The highest BCUT2D eigenvalue weighted by Crippen LogP contribution is 2.36. The average Bonchev–Trinajstić information content (AvgIpc) is 3.42. The number of ether oxygens (including phenoxy) is 2. The van der Waals surface area contributed by atoms with Crippen LogP contribution in [0.3, 0.4) is 0 Å². The van der Waals surface area contributed by atoms with Crippen LogP contribution in [0.1, 0.15) is 33.4 Å². The lowest BCUT2D eigenvalue weighted by molar-refractivity contribution is -0.155. The first kappa shape index (κ1) is 33.3. The predicted molar refractivity (Wildman–Crippen MR) is 174 cm³/mol. The molecular weight excluding hydrogens is 575 g/mol. The monoisotopic (exact) mass is 616 g/mol. The van der Waals surface area contributed by atoms with Crippen molar-refractivity contribution >= 4 is 28.6 Å². The minimum Gasteiger partial charge on any atom is -0.497 e. The number of nitrogens with zero attached hydrogens (tertiary/aromatic N) is 5. The van der Waals surface area contributed by atoms with Gasteiger partial charge in [-0.3, -0.25) is 14.2 Å². The van der Waals surface area contributed by atoms with Crippen molar-refractivity contribution in [2.24, 2.45) is 11.7 Å². The van der Waals surface area contributed by atoms with Crippen LogP contribution in [0.5, 0.6) is 5.75 Å². The summed E-state index contributed by atoms with van der Waals surface area (Å²) in [4.78, 5) is 37.7. The summed E-state index contributed by atoms with van der Waals surface area (Å²) < 4.78 is 27.3. The maximum absolute atomic E-state index is 14.2. The zero-order valence-electron chi connectivity index (χ0n) is 26.8. The number of carbonyl (C=O) groups excluding carboxylic acids is 2. The Labute approximate surface area is 263 Å². The molecule has 2 unspecified atom stereocenters. The van der Waals surface area contributed by atoms with Gasteiger partial charge in [-0.15, -0.1) is 0 Å². The quantitative estimate of drug-likeness (QED) is 0.127. The van der Waals surface area contributed by atoms with Gasteiger partial charge in [-0.1, -0.05) is 26.3 Å². The number of anilines is 1. The normalized spacial score (nSPS) is 13.6. The van der Waals surface area contributed by atoms with E-state index in [1.54, 1.807) is 61.2 Å². The van der Waals surface area contributed by atoms with E-state index in [2.05, 4.69) is 4.98 Å². The molecule has 0 saturated heterocycles. The Morgan fingerprint density at radius 2 is 1.82 bits per heavy atom. The molecule has 0 bridgehead atoms. The van der Waals surface area contributed by atoms with Crippen molar-refractivity contribution in [2.75, 3.05) is 39.7 Å². The Hall–Kier alpha value is -4.61. The summed E-state index contributed by atoms with van der Waals surface area (Å²) in [5.41, 5.74) is 10.1. The molecule has 0 aliphatic heterocycles. The van der Waals surface area contributed by atoms with Gasteiger partial charge >= 0.3 is 5.97 Å². The first-order valence-corrected chi connectivity index (χ1v) is 14.8. The van der Waals surface area contributed by atoms with Crippen molar-refractivity contribution in [1.82, 2.24) is 19.4 Å². The van der Waals surface area contributed by atoms with Gasteiger partial charge in [-0.25, -0.2) is 9.97 Å². The second-order valence-electron chi connectivity index (χ2n) is 11.3. The highest BCUT2D eigenvalue weighted by atomic mass is 19.1. The fourth-order valence-corrected chi connectivity index (χ4v) is 4.82. The van der Waals surface area contributed by atoms with E-state index in [4.69, 9.17) is 20.2 Å². The Kier molecular flexibility index (Phi) is 10.7. The maximum atomic E-state index is 14.2. The highest BCUT2D eigenvalue weighted by Gasteiger charge is 2.25. The van der Waals surface area contributed by atoms with E-state index in [1.807, 2.05) is 57.1 Å². The second kappa shape index (κ2) is 14.4. The van der Waals surface area contributed by atoms with Crippen LogP contribution in [0.2, 0.25) is 0 Å². The summed E-state index contributed by atoms with van der Waals surface area (Å²) in [7, 11) is 7.13. The van der Waals surface area contributed by atoms with Crippen molar-refractivity contribution in [2.45, 2.75) is 39.5 Å². The van der Waals surface area contributed by atoms with Crippen molar-refractivity contribution in [1.29, 1.82) is 0 Å². The molecule has 1 aromatic carbocycles. The molecule has 2 N–H and O–H groups in total. The zero-order valence-corrected chi connectivity index (χ0v) is 26.8. The van der Waals surface area contributed by atoms with Gasteiger partial charge in [0, 0.05) is 72.6 Å². The molecule has 45 heavy (non-hydrogen) atoms. The summed E-state index contributed by atoms with van der Waals surface area (Å²) in [6.45, 7) is 6.25. The van der Waals surface area contributed by atoms with Crippen LogP contribution in [-0.4, -0.2) is 72.2 Å². The second-order valence-corrected chi connectivity index (χ2v) is 11.3. The molecule has 0 aliphatic carbocycles. The van der Waals surface area contributed by atoms with Gasteiger partial charge < -0.3 is 25.0 Å². The molecule has 0 radical (unpaired) electrons. The summed E-state index contributed by atoms with van der Waals surface area (Å²) in [5, 5.41) is 0.702. The SMILES string of the molecule is CCC(C)C(N)C(=O)O[C@@H](C)n1cc(-c2ccnc(F)c2)c2cc(-c3cc(OC)cc(N(C)C(=O)/C=C/CN(C)C)c3)cnc21. The highest BCUT2D eigenvalue weighted by molar-refractivity contribution is 6.02. The topological polar surface area (TPSA) is 116 Å². The van der Waals surface area contributed by atoms with E-state index in [1.165, 1.54) is 12.3 Å². The van der Waals surface area contributed by atoms with Gasteiger partial charge in [0.1, 0.15) is 17.4 Å². The lowest BCUT2D eigenvalue weighted by Crippen LogP contribution is -2.38. The van der Waals surface area contributed by atoms with Crippen molar-refractivity contribution in [3.8, 4) is 28.0 Å². The van der Waals surface area contributed by atoms with Crippen molar-refractivity contribution < 1.29 is 23.5 Å². The number of likely N-dealkylation sites (N-methyl/N-ethyl adjacent to an activating group) is 2. The zero-order chi connectivity index (χ0) is 32.8. The minimum absolute atomic E-state index is 0.0432. The molecule has 10 nitrogen and oxygen atoms in total. The van der Waals surface area contributed by atoms with E-state index in [0.717, 1.165) is 17.5 Å². The van der Waals surface area contributed by atoms with Crippen LogP contribution < -0.4 is 15.4 Å². The fraction of sp³-hybridized carbons (Fsp3) is 0.353. The molecule has 11 heteroatoms. The number of pyridine rings is 2. The van der Waals surface area contributed by atoms with E-state index in [9.17, 15) is 14.0 Å². The van der Waals surface area contributed by atoms with Crippen LogP contribution in [-0.2, 0) is 14.3 Å². The lowest BCUT2D eigenvalue weighted by Gasteiger charge is -2.21. The van der Waals surface area contributed by atoms with Gasteiger partial charge in [0.2, 0.25) is 11.9 Å². The minimum atomic E-state index is -0.761. The number of fused-ring (bicyclic) bond motifs is 1. The van der Waals surface area contributed by atoms with E-state index >= 15 is 0 Å². The number of esters is 1. The average molecular weight is 617 g/mol. The molecule has 4 aromatic rings. The summed E-state index contributed by atoms with van der Waals surface area (Å²) in [5.74, 6) is -0.794. The first-order valence-electron chi connectivity index (χ1n) is 14.8. The van der Waals surface area contributed by atoms with Gasteiger partial charge in [0.15, 0.2) is 6.23 Å². The Morgan fingerprint density at radius 1 is 1.07 bits per heavy atom. The molecule has 238 valence electrons. The third-order valence-electron chi connectivity index (χ3n) is 7.82. The fourth-order valence-electron chi connectivity index (χ4n) is 4.82. The molecule has 3 aromatic heterocycles. The maximum Gasteiger partial charge on any atom is 0.325 e. The molecule has 0 spiro atoms. The van der Waals surface area contributed by atoms with Gasteiger partial charge in [0.25, 0.3) is 0 Å². The first-order chi connectivity index (χ1) is 21.4. The third-order valence-corrected chi connectivity index (χ3v) is 7.82. The lowest BCUT2D eigenvalue weighted by atomic mass is 10.0.